The Kier molecular flexibility index (Phi) is 6.25. The fourth-order valence-corrected chi connectivity index (χ4v) is 2.93. The second-order valence-corrected chi connectivity index (χ2v) is 6.86. The van der Waals surface area contributed by atoms with E-state index in [1.54, 1.807) is 30.3 Å². The predicted octanol–water partition coefficient (Wildman–Crippen LogP) is 6.98. The van der Waals surface area contributed by atoms with Gasteiger partial charge in [0.1, 0.15) is 18.2 Å². The van der Waals surface area contributed by atoms with Crippen LogP contribution in [0.2, 0.25) is 15.1 Å². The highest BCUT2D eigenvalue weighted by Gasteiger charge is 2.08. The van der Waals surface area contributed by atoms with Crippen molar-refractivity contribution in [2.45, 2.75) is 13.2 Å². The van der Waals surface area contributed by atoms with E-state index in [0.29, 0.717) is 32.9 Å². The molecule has 0 bridgehead atoms. The maximum Gasteiger partial charge on any atom is 0.131 e. The van der Waals surface area contributed by atoms with Crippen LogP contribution in [-0.2, 0) is 13.2 Å². The molecular formula is C20H15Cl3FNO. The van der Waals surface area contributed by atoms with Crippen molar-refractivity contribution in [2.75, 3.05) is 5.32 Å². The van der Waals surface area contributed by atoms with Gasteiger partial charge in [-0.1, -0.05) is 53.0 Å². The summed E-state index contributed by atoms with van der Waals surface area (Å²) in [6.07, 6.45) is 0. The maximum atomic E-state index is 13.7. The number of hydrogen-bond donors (Lipinski definition) is 1. The summed E-state index contributed by atoms with van der Waals surface area (Å²) in [7, 11) is 0. The molecular weight excluding hydrogens is 396 g/mol. The Hall–Kier alpha value is -1.94. The van der Waals surface area contributed by atoms with Crippen LogP contribution in [0.5, 0.6) is 5.75 Å². The first-order chi connectivity index (χ1) is 12.5. The molecule has 0 aliphatic rings. The third-order valence-corrected chi connectivity index (χ3v) is 4.70. The first-order valence-corrected chi connectivity index (χ1v) is 9.00. The van der Waals surface area contributed by atoms with E-state index in [2.05, 4.69) is 5.32 Å². The summed E-state index contributed by atoms with van der Waals surface area (Å²) in [5.41, 5.74) is 2.15. The van der Waals surface area contributed by atoms with E-state index in [-0.39, 0.29) is 12.4 Å². The molecule has 0 heterocycles. The molecule has 0 aliphatic heterocycles. The molecule has 3 rings (SSSR count). The molecule has 134 valence electrons. The molecule has 0 saturated heterocycles. The van der Waals surface area contributed by atoms with Crippen LogP contribution in [0, 0.1) is 5.82 Å². The van der Waals surface area contributed by atoms with Gasteiger partial charge in [-0.2, -0.15) is 0 Å². The molecule has 3 aromatic carbocycles. The van der Waals surface area contributed by atoms with E-state index in [0.717, 1.165) is 11.3 Å². The van der Waals surface area contributed by atoms with Gasteiger partial charge in [0.15, 0.2) is 0 Å². The molecule has 3 aromatic rings. The molecule has 0 atom stereocenters. The standard InChI is InChI=1S/C20H15Cl3FNO/c21-14-6-9-18(23)20(10-14)25-11-13-4-7-15(8-5-13)26-12-16-17(22)2-1-3-19(16)24/h1-10,25H,11-12H2. The third-order valence-electron chi connectivity index (χ3n) is 3.78. The van der Waals surface area contributed by atoms with E-state index in [9.17, 15) is 4.39 Å². The molecule has 2 nitrogen and oxygen atoms in total. The number of ether oxygens (including phenoxy) is 1. The molecule has 0 spiro atoms. The Balaban J connectivity index is 1.59. The Morgan fingerprint density at radius 2 is 1.65 bits per heavy atom. The number of hydrogen-bond acceptors (Lipinski definition) is 2. The van der Waals surface area contributed by atoms with Crippen LogP contribution in [0.3, 0.4) is 0 Å². The average Bonchev–Trinajstić information content (AvgIpc) is 2.63. The highest BCUT2D eigenvalue weighted by molar-refractivity contribution is 6.35. The summed E-state index contributed by atoms with van der Waals surface area (Å²) in [6, 6.07) is 17.3. The number of nitrogens with one attached hydrogen (secondary N) is 1. The van der Waals surface area contributed by atoms with E-state index in [1.165, 1.54) is 6.07 Å². The van der Waals surface area contributed by atoms with Gasteiger partial charge < -0.3 is 10.1 Å². The molecule has 6 heteroatoms. The summed E-state index contributed by atoms with van der Waals surface area (Å²) in [6.45, 7) is 0.653. The van der Waals surface area contributed by atoms with Crippen molar-refractivity contribution < 1.29 is 9.13 Å². The third kappa shape index (κ3) is 4.82. The normalized spacial score (nSPS) is 10.6. The van der Waals surface area contributed by atoms with E-state index in [1.807, 2.05) is 24.3 Å². The largest absolute Gasteiger partial charge is 0.489 e. The first kappa shape index (κ1) is 18.8. The summed E-state index contributed by atoms with van der Waals surface area (Å²) >= 11 is 18.1. The minimum atomic E-state index is -0.378. The first-order valence-electron chi connectivity index (χ1n) is 7.86. The van der Waals surface area contributed by atoms with Crippen LogP contribution < -0.4 is 10.1 Å². The Labute approximate surface area is 166 Å². The molecule has 0 aromatic heterocycles. The number of anilines is 1. The van der Waals surface area contributed by atoms with Crippen LogP contribution in [0.4, 0.5) is 10.1 Å². The van der Waals surface area contributed by atoms with Gasteiger partial charge in [-0.25, -0.2) is 4.39 Å². The van der Waals surface area contributed by atoms with Crippen molar-refractivity contribution in [3.05, 3.63) is 92.7 Å². The predicted molar refractivity (Wildman–Crippen MR) is 106 cm³/mol. The Morgan fingerprint density at radius 3 is 2.38 bits per heavy atom. The lowest BCUT2D eigenvalue weighted by atomic mass is 10.2. The van der Waals surface area contributed by atoms with E-state index in [4.69, 9.17) is 39.5 Å². The molecule has 26 heavy (non-hydrogen) atoms. The van der Waals surface area contributed by atoms with Crippen molar-refractivity contribution >= 4 is 40.5 Å². The highest BCUT2D eigenvalue weighted by Crippen LogP contribution is 2.26. The zero-order chi connectivity index (χ0) is 18.5. The van der Waals surface area contributed by atoms with Crippen LogP contribution in [0.15, 0.2) is 60.7 Å². The van der Waals surface area contributed by atoms with Gasteiger partial charge >= 0.3 is 0 Å². The zero-order valence-electron chi connectivity index (χ0n) is 13.6. The fourth-order valence-electron chi connectivity index (χ4n) is 2.36. The summed E-state index contributed by atoms with van der Waals surface area (Å²) in [5, 5.41) is 4.81. The smallest absolute Gasteiger partial charge is 0.131 e. The molecule has 0 fully saturated rings. The number of halogens is 4. The second kappa shape index (κ2) is 8.63. The molecule has 1 N–H and O–H groups in total. The van der Waals surface area contributed by atoms with Gasteiger partial charge in [0.05, 0.1) is 15.7 Å². The molecule has 0 amide bonds. The topological polar surface area (TPSA) is 21.3 Å². The van der Waals surface area contributed by atoms with Crippen molar-refractivity contribution in [3.8, 4) is 5.75 Å². The van der Waals surface area contributed by atoms with Gasteiger partial charge in [-0.15, -0.1) is 0 Å². The lowest BCUT2D eigenvalue weighted by Crippen LogP contribution is -2.01. The van der Waals surface area contributed by atoms with Crippen molar-refractivity contribution in [3.63, 3.8) is 0 Å². The van der Waals surface area contributed by atoms with Crippen molar-refractivity contribution in [1.29, 1.82) is 0 Å². The maximum absolute atomic E-state index is 13.7. The van der Waals surface area contributed by atoms with E-state index < -0.39 is 0 Å². The number of benzene rings is 3. The highest BCUT2D eigenvalue weighted by atomic mass is 35.5. The Morgan fingerprint density at radius 1 is 0.885 bits per heavy atom. The number of rotatable bonds is 6. The Bertz CT molecular complexity index is 880. The average molecular weight is 411 g/mol. The van der Waals surface area contributed by atoms with Crippen LogP contribution >= 0.6 is 34.8 Å². The fraction of sp³-hybridized carbons (Fsp3) is 0.100. The van der Waals surface area contributed by atoms with Gasteiger partial charge in [-0.05, 0) is 48.0 Å². The summed E-state index contributed by atoms with van der Waals surface area (Å²) in [5.74, 6) is 0.255. The molecule has 0 aliphatic carbocycles. The molecule has 0 saturated carbocycles. The summed E-state index contributed by atoms with van der Waals surface area (Å²) in [4.78, 5) is 0. The van der Waals surface area contributed by atoms with Gasteiger partial charge in [0.25, 0.3) is 0 Å². The van der Waals surface area contributed by atoms with Crippen LogP contribution in [-0.4, -0.2) is 0 Å². The van der Waals surface area contributed by atoms with Crippen LogP contribution in [0.1, 0.15) is 11.1 Å². The monoisotopic (exact) mass is 409 g/mol. The zero-order valence-corrected chi connectivity index (χ0v) is 15.9. The SMILES string of the molecule is Fc1cccc(Cl)c1COc1ccc(CNc2cc(Cl)ccc2Cl)cc1. The minimum Gasteiger partial charge on any atom is -0.489 e. The van der Waals surface area contributed by atoms with Gasteiger partial charge in [0, 0.05) is 17.1 Å². The van der Waals surface area contributed by atoms with Crippen molar-refractivity contribution in [2.24, 2.45) is 0 Å². The molecule has 0 unspecified atom stereocenters. The van der Waals surface area contributed by atoms with Crippen LogP contribution in [0.25, 0.3) is 0 Å². The lowest BCUT2D eigenvalue weighted by molar-refractivity contribution is 0.300. The van der Waals surface area contributed by atoms with Gasteiger partial charge in [0.2, 0.25) is 0 Å². The van der Waals surface area contributed by atoms with Crippen molar-refractivity contribution in [1.82, 2.24) is 0 Å². The minimum absolute atomic E-state index is 0.0707. The van der Waals surface area contributed by atoms with E-state index >= 15 is 0 Å². The second-order valence-electron chi connectivity index (χ2n) is 5.61. The lowest BCUT2D eigenvalue weighted by Gasteiger charge is -2.11. The summed E-state index contributed by atoms with van der Waals surface area (Å²) < 4.78 is 19.4. The van der Waals surface area contributed by atoms with Gasteiger partial charge in [-0.3, -0.25) is 0 Å². The quantitative estimate of drug-likeness (QED) is 0.473. The molecule has 0 radical (unpaired) electrons.